The number of hydrogen-bond acceptors (Lipinski definition) is 3. The maximum atomic E-state index is 12.3. The monoisotopic (exact) mass is 267 g/mol. The number of carboxylic acids is 1. The van der Waals surface area contributed by atoms with Crippen LogP contribution in [0.5, 0.6) is 0 Å². The van der Waals surface area contributed by atoms with Gasteiger partial charge in [-0.3, -0.25) is 14.3 Å². The molecule has 0 atom stereocenters. The number of amides is 1. The Kier molecular flexibility index (Phi) is 5.09. The molecule has 1 amide bonds. The predicted octanol–water partition coefficient (Wildman–Crippen LogP) is 1.46. The highest BCUT2D eigenvalue weighted by molar-refractivity contribution is 5.96. The topological polar surface area (TPSA) is 75.4 Å². The van der Waals surface area contributed by atoms with Gasteiger partial charge in [-0.2, -0.15) is 5.10 Å². The van der Waals surface area contributed by atoms with E-state index in [4.69, 9.17) is 5.11 Å². The first-order valence-electron chi connectivity index (χ1n) is 6.39. The minimum absolute atomic E-state index is 0.0732. The standard InChI is InChI=1S/C13H21N3O3/c1-5-16-10(3)12(9(2)14-16)13(19)15(4)8-6-7-11(17)18/h5-8H2,1-4H3,(H,17,18). The van der Waals surface area contributed by atoms with Gasteiger partial charge in [-0.1, -0.05) is 0 Å². The molecule has 0 fully saturated rings. The van der Waals surface area contributed by atoms with E-state index in [2.05, 4.69) is 5.10 Å². The number of aliphatic carboxylic acids is 1. The van der Waals surface area contributed by atoms with Gasteiger partial charge in [0, 0.05) is 32.3 Å². The molecule has 1 N–H and O–H groups in total. The summed E-state index contributed by atoms with van der Waals surface area (Å²) in [5, 5.41) is 12.9. The molecule has 0 spiro atoms. The summed E-state index contributed by atoms with van der Waals surface area (Å²) in [5.41, 5.74) is 2.20. The molecule has 0 unspecified atom stereocenters. The van der Waals surface area contributed by atoms with Gasteiger partial charge >= 0.3 is 5.97 Å². The van der Waals surface area contributed by atoms with Gasteiger partial charge in [0.15, 0.2) is 0 Å². The summed E-state index contributed by atoms with van der Waals surface area (Å²) in [6.45, 7) is 6.83. The van der Waals surface area contributed by atoms with E-state index < -0.39 is 5.97 Å². The Morgan fingerprint density at radius 3 is 2.47 bits per heavy atom. The molecule has 0 radical (unpaired) electrons. The predicted molar refractivity (Wildman–Crippen MR) is 71.2 cm³/mol. The molecule has 0 aliphatic heterocycles. The number of aromatic nitrogens is 2. The molecule has 0 bridgehead atoms. The Balaban J connectivity index is 2.77. The van der Waals surface area contributed by atoms with Crippen LogP contribution in [-0.4, -0.2) is 45.3 Å². The average Bonchev–Trinajstić information content (AvgIpc) is 2.62. The number of carbonyl (C=O) groups excluding carboxylic acids is 1. The fourth-order valence-electron chi connectivity index (χ4n) is 2.07. The largest absolute Gasteiger partial charge is 0.481 e. The fraction of sp³-hybridized carbons (Fsp3) is 0.615. The third-order valence-electron chi connectivity index (χ3n) is 3.13. The molecule has 1 heterocycles. The lowest BCUT2D eigenvalue weighted by Gasteiger charge is -2.16. The lowest BCUT2D eigenvalue weighted by atomic mass is 10.1. The second-order valence-electron chi connectivity index (χ2n) is 4.59. The van der Waals surface area contributed by atoms with Crippen molar-refractivity contribution in [2.45, 2.75) is 40.2 Å². The Morgan fingerprint density at radius 2 is 2.00 bits per heavy atom. The lowest BCUT2D eigenvalue weighted by Crippen LogP contribution is -2.29. The van der Waals surface area contributed by atoms with E-state index in [1.165, 1.54) is 0 Å². The Bertz CT molecular complexity index is 480. The van der Waals surface area contributed by atoms with Crippen molar-refractivity contribution in [2.75, 3.05) is 13.6 Å². The molecule has 0 aliphatic carbocycles. The van der Waals surface area contributed by atoms with Crippen LogP contribution in [0.4, 0.5) is 0 Å². The molecule has 0 aliphatic rings. The average molecular weight is 267 g/mol. The lowest BCUT2D eigenvalue weighted by molar-refractivity contribution is -0.137. The molecule has 1 rings (SSSR count). The van der Waals surface area contributed by atoms with Crippen LogP contribution in [0, 0.1) is 13.8 Å². The molecule has 0 aromatic carbocycles. The van der Waals surface area contributed by atoms with Crippen molar-refractivity contribution in [3.05, 3.63) is 17.0 Å². The number of nitrogens with zero attached hydrogens (tertiary/aromatic N) is 3. The molecular formula is C13H21N3O3. The van der Waals surface area contributed by atoms with Crippen molar-refractivity contribution in [1.82, 2.24) is 14.7 Å². The van der Waals surface area contributed by atoms with Gasteiger partial charge in [0.25, 0.3) is 5.91 Å². The van der Waals surface area contributed by atoms with Crippen LogP contribution in [0.25, 0.3) is 0 Å². The Labute approximate surface area is 113 Å². The minimum atomic E-state index is -0.841. The highest BCUT2D eigenvalue weighted by atomic mass is 16.4. The van der Waals surface area contributed by atoms with Gasteiger partial charge in [-0.25, -0.2) is 0 Å². The summed E-state index contributed by atoms with van der Waals surface area (Å²) >= 11 is 0. The van der Waals surface area contributed by atoms with Crippen LogP contribution in [-0.2, 0) is 11.3 Å². The van der Waals surface area contributed by atoms with E-state index in [0.717, 1.165) is 17.9 Å². The van der Waals surface area contributed by atoms with E-state index in [1.807, 2.05) is 20.8 Å². The number of carboxylic acid groups (broad SMARTS) is 1. The third kappa shape index (κ3) is 3.56. The smallest absolute Gasteiger partial charge is 0.303 e. The van der Waals surface area contributed by atoms with Crippen LogP contribution >= 0.6 is 0 Å². The number of carbonyl (C=O) groups is 2. The third-order valence-corrected chi connectivity index (χ3v) is 3.13. The SMILES string of the molecule is CCn1nc(C)c(C(=O)N(C)CCCC(=O)O)c1C. The van der Waals surface area contributed by atoms with Crippen LogP contribution < -0.4 is 0 Å². The molecule has 6 nitrogen and oxygen atoms in total. The fourth-order valence-corrected chi connectivity index (χ4v) is 2.07. The van der Waals surface area contributed by atoms with Crippen molar-refractivity contribution >= 4 is 11.9 Å². The van der Waals surface area contributed by atoms with Crippen LogP contribution in [0.1, 0.15) is 41.5 Å². The molecule has 1 aromatic heterocycles. The normalized spacial score (nSPS) is 10.5. The molecule has 6 heteroatoms. The van der Waals surface area contributed by atoms with Crippen molar-refractivity contribution < 1.29 is 14.7 Å². The van der Waals surface area contributed by atoms with E-state index in [-0.39, 0.29) is 12.3 Å². The number of aryl methyl sites for hydroxylation is 2. The summed E-state index contributed by atoms with van der Waals surface area (Å²) in [4.78, 5) is 24.3. The molecule has 1 aromatic rings. The summed E-state index contributed by atoms with van der Waals surface area (Å²) in [5.74, 6) is -0.938. The second-order valence-corrected chi connectivity index (χ2v) is 4.59. The zero-order chi connectivity index (χ0) is 14.6. The number of hydrogen-bond donors (Lipinski definition) is 1. The minimum Gasteiger partial charge on any atom is -0.481 e. The van der Waals surface area contributed by atoms with Gasteiger partial charge in [0.2, 0.25) is 0 Å². The first kappa shape index (κ1) is 15.2. The highest BCUT2D eigenvalue weighted by Crippen LogP contribution is 2.15. The van der Waals surface area contributed by atoms with E-state index in [9.17, 15) is 9.59 Å². The van der Waals surface area contributed by atoms with Gasteiger partial charge in [0.1, 0.15) is 0 Å². The van der Waals surface area contributed by atoms with Crippen molar-refractivity contribution in [3.63, 3.8) is 0 Å². The van der Waals surface area contributed by atoms with Crippen molar-refractivity contribution in [3.8, 4) is 0 Å². The first-order chi connectivity index (χ1) is 8.88. The highest BCUT2D eigenvalue weighted by Gasteiger charge is 2.21. The Hall–Kier alpha value is -1.85. The van der Waals surface area contributed by atoms with E-state index in [1.54, 1.807) is 16.6 Å². The van der Waals surface area contributed by atoms with Crippen molar-refractivity contribution in [1.29, 1.82) is 0 Å². The second kappa shape index (κ2) is 6.36. The molecular weight excluding hydrogens is 246 g/mol. The van der Waals surface area contributed by atoms with Gasteiger partial charge in [0.05, 0.1) is 11.3 Å². The van der Waals surface area contributed by atoms with Gasteiger partial charge in [-0.15, -0.1) is 0 Å². The Morgan fingerprint density at radius 1 is 1.37 bits per heavy atom. The summed E-state index contributed by atoms with van der Waals surface area (Å²) in [6, 6.07) is 0. The number of rotatable bonds is 6. The van der Waals surface area contributed by atoms with Crippen LogP contribution in [0.15, 0.2) is 0 Å². The van der Waals surface area contributed by atoms with Gasteiger partial charge in [-0.05, 0) is 27.2 Å². The van der Waals surface area contributed by atoms with Crippen molar-refractivity contribution in [2.24, 2.45) is 0 Å². The quantitative estimate of drug-likeness (QED) is 0.846. The maximum absolute atomic E-state index is 12.3. The molecule has 19 heavy (non-hydrogen) atoms. The zero-order valence-corrected chi connectivity index (χ0v) is 11.9. The van der Waals surface area contributed by atoms with Gasteiger partial charge < -0.3 is 10.0 Å². The molecule has 0 saturated carbocycles. The van der Waals surface area contributed by atoms with Crippen LogP contribution in [0.3, 0.4) is 0 Å². The van der Waals surface area contributed by atoms with E-state index in [0.29, 0.717) is 18.5 Å². The molecule has 0 saturated heterocycles. The maximum Gasteiger partial charge on any atom is 0.303 e. The zero-order valence-electron chi connectivity index (χ0n) is 11.9. The first-order valence-corrected chi connectivity index (χ1v) is 6.39. The summed E-state index contributed by atoms with van der Waals surface area (Å²) < 4.78 is 1.80. The van der Waals surface area contributed by atoms with Crippen LogP contribution in [0.2, 0.25) is 0 Å². The summed E-state index contributed by atoms with van der Waals surface area (Å²) in [7, 11) is 1.69. The van der Waals surface area contributed by atoms with E-state index >= 15 is 0 Å². The summed E-state index contributed by atoms with van der Waals surface area (Å²) in [6.07, 6.45) is 0.529. The molecule has 106 valence electrons.